The summed E-state index contributed by atoms with van der Waals surface area (Å²) in [5.74, 6) is 0.471. The maximum absolute atomic E-state index is 13.5. The fourth-order valence-electron chi connectivity index (χ4n) is 4.26. The highest BCUT2D eigenvalue weighted by molar-refractivity contribution is 7.99. The molecule has 11 heteroatoms. The van der Waals surface area contributed by atoms with Crippen LogP contribution in [-0.2, 0) is 9.59 Å². The normalized spacial score (nSPS) is 14.0. The molecule has 0 saturated carbocycles. The van der Waals surface area contributed by atoms with Crippen molar-refractivity contribution in [3.05, 3.63) is 57.3 Å². The van der Waals surface area contributed by atoms with Crippen molar-refractivity contribution in [1.82, 2.24) is 10.1 Å². The number of anilines is 1. The molecule has 1 atom stereocenters. The number of benzene rings is 2. The quantitative estimate of drug-likeness (QED) is 0.131. The lowest BCUT2D eigenvalue weighted by Gasteiger charge is -2.32. The Kier molecular flexibility index (Phi) is 8.73. The molecule has 2 heterocycles. The molecule has 2 aromatic carbocycles. The van der Waals surface area contributed by atoms with E-state index in [0.717, 1.165) is 18.6 Å². The molecule has 1 aliphatic rings. The number of amides is 1. The van der Waals surface area contributed by atoms with Gasteiger partial charge < -0.3 is 9.47 Å². The molecular formula is C27H30ClN4O5S+. The van der Waals surface area contributed by atoms with E-state index in [0.29, 0.717) is 27.7 Å². The number of halogens is 1. The highest BCUT2D eigenvalue weighted by atomic mass is 35.5. The Morgan fingerprint density at radius 1 is 1.18 bits per heavy atom. The summed E-state index contributed by atoms with van der Waals surface area (Å²) < 4.78 is 12.5. The number of nitrogens with zero attached hydrogens (tertiary/aromatic N) is 3. The third-order valence-corrected chi connectivity index (χ3v) is 7.35. The number of rotatable bonds is 9. The van der Waals surface area contributed by atoms with Gasteiger partial charge in [0.1, 0.15) is 0 Å². The van der Waals surface area contributed by atoms with E-state index in [1.165, 1.54) is 18.9 Å². The number of para-hydroxylation sites is 1. The second-order valence-electron chi connectivity index (χ2n) is 8.62. The van der Waals surface area contributed by atoms with Crippen molar-refractivity contribution in [2.24, 2.45) is 0 Å². The van der Waals surface area contributed by atoms with Crippen LogP contribution >= 0.6 is 23.4 Å². The molecule has 4 rings (SSSR count). The molecule has 0 spiro atoms. The van der Waals surface area contributed by atoms with E-state index in [-0.39, 0.29) is 40.8 Å². The third-order valence-electron chi connectivity index (χ3n) is 6.12. The molecule has 0 saturated heterocycles. The van der Waals surface area contributed by atoms with E-state index in [9.17, 15) is 14.4 Å². The summed E-state index contributed by atoms with van der Waals surface area (Å²) in [6.07, 6.45) is 1.51. The number of aromatic amines is 1. The highest BCUT2D eigenvalue weighted by Crippen LogP contribution is 2.42. The van der Waals surface area contributed by atoms with Gasteiger partial charge in [0, 0.05) is 23.7 Å². The standard InChI is InChI=1S/C27H29ClN4O5S/c1-5-8-13-38-27-29-25(35)23-17-11-9-10-12-19(17)31(21(33)6-2)26(32(23)30-27)16-14-18(28)24(20(15-16)36-4)37-22(34)7-3/h9-12,14-15,26H,5-8,13H2,1-4H3/p+1/t26-/m0/s1. The van der Waals surface area contributed by atoms with Gasteiger partial charge in [0.15, 0.2) is 11.5 Å². The van der Waals surface area contributed by atoms with Crippen LogP contribution in [0.2, 0.25) is 5.02 Å². The van der Waals surface area contributed by atoms with Crippen molar-refractivity contribution >= 4 is 40.9 Å². The second kappa shape index (κ2) is 12.0. The number of carbonyl (C=O) groups is 2. The van der Waals surface area contributed by atoms with Gasteiger partial charge in [0.2, 0.25) is 11.1 Å². The molecule has 0 unspecified atom stereocenters. The number of nitrogens with one attached hydrogen (secondary N) is 1. The van der Waals surface area contributed by atoms with E-state index in [1.807, 2.05) is 12.1 Å². The Balaban J connectivity index is 1.98. The zero-order chi connectivity index (χ0) is 27.4. The first-order chi connectivity index (χ1) is 18.3. The van der Waals surface area contributed by atoms with E-state index >= 15 is 0 Å². The van der Waals surface area contributed by atoms with Crippen LogP contribution in [0.25, 0.3) is 11.3 Å². The number of fused-ring (bicyclic) bond motifs is 3. The summed E-state index contributed by atoms with van der Waals surface area (Å²) in [7, 11) is 1.44. The number of thioether (sulfide) groups is 1. The molecular weight excluding hydrogens is 528 g/mol. The zero-order valence-corrected chi connectivity index (χ0v) is 23.3. The number of aromatic nitrogens is 3. The first-order valence-electron chi connectivity index (χ1n) is 12.5. The molecule has 1 N–H and O–H groups in total. The molecule has 0 aliphatic carbocycles. The maximum Gasteiger partial charge on any atom is 0.325 e. The lowest BCUT2D eigenvalue weighted by atomic mass is 10.0. The number of methoxy groups -OCH3 is 1. The van der Waals surface area contributed by atoms with E-state index < -0.39 is 12.1 Å². The van der Waals surface area contributed by atoms with Gasteiger partial charge in [-0.2, -0.15) is 0 Å². The minimum absolute atomic E-state index is 0.0919. The van der Waals surface area contributed by atoms with Crippen LogP contribution in [0.5, 0.6) is 11.5 Å². The van der Waals surface area contributed by atoms with Gasteiger partial charge in [-0.05, 0) is 35.4 Å². The maximum atomic E-state index is 13.5. The molecule has 1 aliphatic heterocycles. The zero-order valence-electron chi connectivity index (χ0n) is 21.7. The third kappa shape index (κ3) is 5.28. The molecule has 1 aromatic heterocycles. The molecule has 3 aromatic rings. The van der Waals surface area contributed by atoms with Crippen LogP contribution in [0, 0.1) is 0 Å². The van der Waals surface area contributed by atoms with Crippen LogP contribution in [0.3, 0.4) is 0 Å². The van der Waals surface area contributed by atoms with Crippen molar-refractivity contribution in [3.8, 4) is 22.8 Å². The minimum atomic E-state index is -0.845. The van der Waals surface area contributed by atoms with Crippen LogP contribution in [0.15, 0.2) is 46.3 Å². The van der Waals surface area contributed by atoms with Crippen molar-refractivity contribution < 1.29 is 23.7 Å². The molecule has 38 heavy (non-hydrogen) atoms. The fraction of sp³-hybridized carbons (Fsp3) is 0.370. The predicted molar refractivity (Wildman–Crippen MR) is 146 cm³/mol. The van der Waals surface area contributed by atoms with Gasteiger partial charge in [0.25, 0.3) is 6.17 Å². The van der Waals surface area contributed by atoms with Gasteiger partial charge in [-0.3, -0.25) is 19.4 Å². The van der Waals surface area contributed by atoms with Crippen molar-refractivity contribution in [1.29, 1.82) is 0 Å². The average Bonchev–Trinajstić information content (AvgIpc) is 2.92. The van der Waals surface area contributed by atoms with Crippen LogP contribution < -0.4 is 24.6 Å². The second-order valence-corrected chi connectivity index (χ2v) is 10.1. The van der Waals surface area contributed by atoms with E-state index in [1.54, 1.807) is 47.7 Å². The van der Waals surface area contributed by atoms with Crippen molar-refractivity contribution in [2.75, 3.05) is 17.8 Å². The number of hydrogen-bond acceptors (Lipinski definition) is 7. The summed E-state index contributed by atoms with van der Waals surface area (Å²) >= 11 is 8.06. The van der Waals surface area contributed by atoms with Crippen LogP contribution in [-0.4, -0.2) is 34.8 Å². The Labute approximate surface area is 230 Å². The van der Waals surface area contributed by atoms with Crippen molar-refractivity contribution in [3.63, 3.8) is 0 Å². The van der Waals surface area contributed by atoms with E-state index in [2.05, 4.69) is 11.9 Å². The lowest BCUT2D eigenvalue weighted by Crippen LogP contribution is -2.60. The van der Waals surface area contributed by atoms with Gasteiger partial charge in [-0.25, -0.2) is 4.90 Å². The molecule has 0 radical (unpaired) electrons. The SMILES string of the molecule is CCCCSc1n[n+]2c(c(=O)[nH]1)-c1ccccc1N(C(=O)CC)[C@@H]2c1cc(Cl)c(OC(=O)CC)c(OC)c1. The summed E-state index contributed by atoms with van der Waals surface area (Å²) in [6, 6.07) is 10.5. The number of unbranched alkanes of at least 4 members (excludes halogenated alkanes) is 1. The number of carbonyl (C=O) groups excluding carboxylic acids is 2. The Hall–Kier alpha value is -3.37. The lowest BCUT2D eigenvalue weighted by molar-refractivity contribution is -0.763. The fourth-order valence-corrected chi connectivity index (χ4v) is 5.46. The number of ether oxygens (including phenoxy) is 2. The van der Waals surface area contributed by atoms with E-state index in [4.69, 9.17) is 26.2 Å². The topological polar surface area (TPSA) is 105 Å². The number of H-pyrrole nitrogens is 1. The molecule has 1 amide bonds. The van der Waals surface area contributed by atoms with Gasteiger partial charge in [0.05, 0.1) is 28.9 Å². The van der Waals surface area contributed by atoms with Gasteiger partial charge in [-0.1, -0.05) is 62.7 Å². The van der Waals surface area contributed by atoms with Crippen LogP contribution in [0.4, 0.5) is 5.69 Å². The largest absolute Gasteiger partial charge is 0.493 e. The van der Waals surface area contributed by atoms with Gasteiger partial charge in [-0.15, -0.1) is 0 Å². The number of hydrogen-bond donors (Lipinski definition) is 1. The molecule has 0 bridgehead atoms. The Bertz CT molecular complexity index is 1430. The van der Waals surface area contributed by atoms with Gasteiger partial charge >= 0.3 is 17.2 Å². The molecule has 200 valence electrons. The summed E-state index contributed by atoms with van der Waals surface area (Å²) in [5.41, 5.74) is 1.72. The first-order valence-corrected chi connectivity index (χ1v) is 13.9. The highest BCUT2D eigenvalue weighted by Gasteiger charge is 2.46. The number of esters is 1. The minimum Gasteiger partial charge on any atom is -0.493 e. The smallest absolute Gasteiger partial charge is 0.325 e. The Morgan fingerprint density at radius 3 is 2.63 bits per heavy atom. The molecule has 0 fully saturated rings. The first kappa shape index (κ1) is 27.7. The Morgan fingerprint density at radius 2 is 1.95 bits per heavy atom. The van der Waals surface area contributed by atoms with Crippen molar-refractivity contribution in [2.45, 2.75) is 57.8 Å². The summed E-state index contributed by atoms with van der Waals surface area (Å²) in [6.45, 7) is 5.55. The summed E-state index contributed by atoms with van der Waals surface area (Å²) in [5, 5.41) is 5.38. The summed E-state index contributed by atoms with van der Waals surface area (Å²) in [4.78, 5) is 43.4. The average molecular weight is 558 g/mol. The molecule has 9 nitrogen and oxygen atoms in total. The predicted octanol–water partition coefficient (Wildman–Crippen LogP) is 4.90. The van der Waals surface area contributed by atoms with Crippen LogP contribution in [0.1, 0.15) is 58.2 Å². The monoisotopic (exact) mass is 557 g/mol.